The third-order valence-corrected chi connectivity index (χ3v) is 2.74. The Hall–Kier alpha value is -2.13. The number of rotatable bonds is 4. The molecule has 0 fully saturated rings. The van der Waals surface area contributed by atoms with Crippen LogP contribution in [0.1, 0.15) is 15.9 Å². The Morgan fingerprint density at radius 1 is 1.11 bits per heavy atom. The lowest BCUT2D eigenvalue weighted by Gasteiger charge is -2.08. The Kier molecular flexibility index (Phi) is 3.75. The second-order valence-corrected chi connectivity index (χ2v) is 3.98. The zero-order valence-corrected chi connectivity index (χ0v) is 10.1. The van der Waals surface area contributed by atoms with E-state index in [0.717, 1.165) is 11.1 Å². The number of carbonyl (C=O) groups is 1. The molecule has 0 aliphatic carbocycles. The topological polar surface area (TPSA) is 46.5 Å². The maximum atomic E-state index is 11.1. The van der Waals surface area contributed by atoms with E-state index in [4.69, 9.17) is 9.84 Å². The molecule has 0 heterocycles. The maximum absolute atomic E-state index is 11.1. The van der Waals surface area contributed by atoms with Crippen LogP contribution in [-0.4, -0.2) is 18.2 Å². The summed E-state index contributed by atoms with van der Waals surface area (Å²) in [5.74, 6) is -0.929. The molecule has 0 aliphatic rings. The van der Waals surface area contributed by atoms with E-state index in [0.29, 0.717) is 12.2 Å². The zero-order chi connectivity index (χ0) is 13.0. The van der Waals surface area contributed by atoms with Crippen molar-refractivity contribution in [1.82, 2.24) is 0 Å². The molecule has 0 unspecified atom stereocenters. The quantitative estimate of drug-likeness (QED) is 0.895. The first-order chi connectivity index (χ1) is 8.72. The molecule has 0 bridgehead atoms. The molecule has 1 N–H and O–H groups in total. The van der Waals surface area contributed by atoms with Crippen molar-refractivity contribution in [2.75, 3.05) is 7.11 Å². The number of carboxylic acids is 1. The third kappa shape index (κ3) is 2.57. The minimum absolute atomic E-state index is 0.288. The molecule has 0 atom stereocenters. The monoisotopic (exact) mass is 242 g/mol. The predicted octanol–water partition coefficient (Wildman–Crippen LogP) is 3.20. The van der Waals surface area contributed by atoms with Gasteiger partial charge in [0, 0.05) is 7.11 Å². The molecule has 18 heavy (non-hydrogen) atoms. The van der Waals surface area contributed by atoms with Gasteiger partial charge in [-0.1, -0.05) is 36.4 Å². The van der Waals surface area contributed by atoms with Crippen molar-refractivity contribution in [3.63, 3.8) is 0 Å². The van der Waals surface area contributed by atoms with Crippen LogP contribution in [0.5, 0.6) is 0 Å². The van der Waals surface area contributed by atoms with Crippen molar-refractivity contribution < 1.29 is 14.6 Å². The number of methoxy groups -OCH3 is 1. The van der Waals surface area contributed by atoms with Gasteiger partial charge in [-0.3, -0.25) is 0 Å². The Morgan fingerprint density at radius 3 is 2.44 bits per heavy atom. The van der Waals surface area contributed by atoms with Crippen LogP contribution in [0.25, 0.3) is 11.1 Å². The van der Waals surface area contributed by atoms with Crippen molar-refractivity contribution in [3.8, 4) is 11.1 Å². The normalized spacial score (nSPS) is 10.3. The number of aromatic carboxylic acids is 1. The molecular weight excluding hydrogens is 228 g/mol. The molecule has 92 valence electrons. The Morgan fingerprint density at radius 2 is 1.83 bits per heavy atom. The predicted molar refractivity (Wildman–Crippen MR) is 69.6 cm³/mol. The molecule has 0 saturated heterocycles. The van der Waals surface area contributed by atoms with Gasteiger partial charge in [0.15, 0.2) is 0 Å². The second kappa shape index (κ2) is 5.47. The fourth-order valence-corrected chi connectivity index (χ4v) is 1.89. The van der Waals surface area contributed by atoms with Gasteiger partial charge in [-0.25, -0.2) is 4.79 Å². The third-order valence-electron chi connectivity index (χ3n) is 2.74. The first kappa shape index (κ1) is 12.3. The maximum Gasteiger partial charge on any atom is 0.336 e. The van der Waals surface area contributed by atoms with E-state index in [1.807, 2.05) is 42.5 Å². The summed E-state index contributed by atoms with van der Waals surface area (Å²) < 4.78 is 5.05. The van der Waals surface area contributed by atoms with Gasteiger partial charge in [-0.2, -0.15) is 0 Å². The van der Waals surface area contributed by atoms with Crippen LogP contribution in [-0.2, 0) is 11.3 Å². The number of ether oxygens (including phenoxy) is 1. The molecule has 2 aromatic rings. The van der Waals surface area contributed by atoms with Gasteiger partial charge >= 0.3 is 5.97 Å². The molecule has 3 nitrogen and oxygen atoms in total. The van der Waals surface area contributed by atoms with Gasteiger partial charge in [0.25, 0.3) is 0 Å². The molecule has 0 saturated carbocycles. The van der Waals surface area contributed by atoms with Gasteiger partial charge in [-0.05, 0) is 28.8 Å². The van der Waals surface area contributed by atoms with Crippen LogP contribution in [0.2, 0.25) is 0 Å². The number of hydrogen-bond donors (Lipinski definition) is 1. The summed E-state index contributed by atoms with van der Waals surface area (Å²) in [6.45, 7) is 0.294. The number of benzene rings is 2. The average Bonchev–Trinajstić information content (AvgIpc) is 2.40. The molecule has 0 aromatic heterocycles. The first-order valence-corrected chi connectivity index (χ1v) is 5.63. The van der Waals surface area contributed by atoms with Crippen molar-refractivity contribution in [3.05, 3.63) is 59.7 Å². The standard InChI is InChI=1S/C15H14O3/c1-18-10-13-9-12(7-8-14(13)15(16)17)11-5-3-2-4-6-11/h2-9H,10H2,1H3,(H,16,17). The minimum atomic E-state index is -0.929. The van der Waals surface area contributed by atoms with Gasteiger partial charge in [-0.15, -0.1) is 0 Å². The summed E-state index contributed by atoms with van der Waals surface area (Å²) in [7, 11) is 1.56. The van der Waals surface area contributed by atoms with Crippen LogP contribution in [0.4, 0.5) is 0 Å². The van der Waals surface area contributed by atoms with Crippen molar-refractivity contribution in [2.45, 2.75) is 6.61 Å². The summed E-state index contributed by atoms with van der Waals surface area (Å²) in [5.41, 5.74) is 3.03. The largest absolute Gasteiger partial charge is 0.478 e. The summed E-state index contributed by atoms with van der Waals surface area (Å²) in [6, 6.07) is 15.1. The van der Waals surface area contributed by atoms with Crippen molar-refractivity contribution in [1.29, 1.82) is 0 Å². The first-order valence-electron chi connectivity index (χ1n) is 5.63. The molecule has 2 rings (SSSR count). The highest BCUT2D eigenvalue weighted by Crippen LogP contribution is 2.23. The Bertz CT molecular complexity index is 547. The molecule has 2 aromatic carbocycles. The van der Waals surface area contributed by atoms with E-state index in [1.54, 1.807) is 13.2 Å². The van der Waals surface area contributed by atoms with Gasteiger partial charge in [0.2, 0.25) is 0 Å². The highest BCUT2D eigenvalue weighted by Gasteiger charge is 2.11. The lowest BCUT2D eigenvalue weighted by atomic mass is 9.99. The van der Waals surface area contributed by atoms with E-state index in [9.17, 15) is 4.79 Å². The Labute approximate surface area is 106 Å². The van der Waals surface area contributed by atoms with E-state index >= 15 is 0 Å². The average molecular weight is 242 g/mol. The van der Waals surface area contributed by atoms with Crippen LogP contribution < -0.4 is 0 Å². The minimum Gasteiger partial charge on any atom is -0.478 e. The molecule has 0 radical (unpaired) electrons. The molecule has 3 heteroatoms. The summed E-state index contributed by atoms with van der Waals surface area (Å²) in [5, 5.41) is 9.10. The molecular formula is C15H14O3. The van der Waals surface area contributed by atoms with Crippen LogP contribution in [0.15, 0.2) is 48.5 Å². The van der Waals surface area contributed by atoms with Gasteiger partial charge < -0.3 is 9.84 Å². The number of carboxylic acid groups (broad SMARTS) is 1. The van der Waals surface area contributed by atoms with E-state index < -0.39 is 5.97 Å². The summed E-state index contributed by atoms with van der Waals surface area (Å²) >= 11 is 0. The molecule has 0 amide bonds. The highest BCUT2D eigenvalue weighted by molar-refractivity contribution is 5.90. The zero-order valence-electron chi connectivity index (χ0n) is 10.1. The fraction of sp³-hybridized carbons (Fsp3) is 0.133. The summed E-state index contributed by atoms with van der Waals surface area (Å²) in [4.78, 5) is 11.1. The van der Waals surface area contributed by atoms with Crippen LogP contribution in [0, 0.1) is 0 Å². The van der Waals surface area contributed by atoms with Gasteiger partial charge in [0.05, 0.1) is 12.2 Å². The lowest BCUT2D eigenvalue weighted by Crippen LogP contribution is -2.03. The second-order valence-electron chi connectivity index (χ2n) is 3.98. The Balaban J connectivity index is 2.46. The van der Waals surface area contributed by atoms with E-state index in [-0.39, 0.29) is 5.56 Å². The number of hydrogen-bond acceptors (Lipinski definition) is 2. The van der Waals surface area contributed by atoms with E-state index in [1.165, 1.54) is 0 Å². The van der Waals surface area contributed by atoms with Crippen LogP contribution >= 0.6 is 0 Å². The van der Waals surface area contributed by atoms with E-state index in [2.05, 4.69) is 0 Å². The van der Waals surface area contributed by atoms with Crippen molar-refractivity contribution in [2.24, 2.45) is 0 Å². The van der Waals surface area contributed by atoms with Gasteiger partial charge in [0.1, 0.15) is 0 Å². The smallest absolute Gasteiger partial charge is 0.336 e. The molecule has 0 spiro atoms. The lowest BCUT2D eigenvalue weighted by molar-refractivity contribution is 0.0692. The fourth-order valence-electron chi connectivity index (χ4n) is 1.89. The SMILES string of the molecule is COCc1cc(-c2ccccc2)ccc1C(=O)O. The van der Waals surface area contributed by atoms with Crippen LogP contribution in [0.3, 0.4) is 0 Å². The van der Waals surface area contributed by atoms with Crippen molar-refractivity contribution >= 4 is 5.97 Å². The highest BCUT2D eigenvalue weighted by atomic mass is 16.5. The summed E-state index contributed by atoms with van der Waals surface area (Å²) in [6.07, 6.45) is 0. The molecule has 0 aliphatic heterocycles.